The monoisotopic (exact) mass is 622 g/mol. The fourth-order valence-corrected chi connectivity index (χ4v) is 7.13. The maximum absolute atomic E-state index is 15.3. The SMILES string of the molecule is Cc1ccc2c(CS(=O)(=O)Cc3ccccc3C#N)c(F)ccc2c1Oc1ncccc1-c1ccnc(N[C@H]2CCCNC2)n1. The van der Waals surface area contributed by atoms with Crippen molar-refractivity contribution in [2.24, 2.45) is 0 Å². The Morgan fingerprint density at radius 2 is 1.87 bits per heavy atom. The van der Waals surface area contributed by atoms with Gasteiger partial charge in [0.25, 0.3) is 0 Å². The molecule has 2 N–H and O–H groups in total. The Morgan fingerprint density at radius 1 is 1.02 bits per heavy atom. The molecule has 1 atom stereocenters. The molecule has 228 valence electrons. The number of halogens is 1. The highest BCUT2D eigenvalue weighted by Gasteiger charge is 2.22. The topological polar surface area (TPSA) is 130 Å². The molecule has 0 spiro atoms. The summed E-state index contributed by atoms with van der Waals surface area (Å²) in [5.74, 6) is -0.324. The largest absolute Gasteiger partial charge is 0.437 e. The molecule has 3 heterocycles. The molecule has 0 amide bonds. The van der Waals surface area contributed by atoms with Gasteiger partial charge in [-0.15, -0.1) is 0 Å². The van der Waals surface area contributed by atoms with Gasteiger partial charge in [0, 0.05) is 35.9 Å². The number of pyridine rings is 1. The van der Waals surface area contributed by atoms with Gasteiger partial charge >= 0.3 is 0 Å². The van der Waals surface area contributed by atoms with E-state index in [1.165, 1.54) is 6.07 Å². The van der Waals surface area contributed by atoms with Gasteiger partial charge in [-0.2, -0.15) is 5.26 Å². The molecule has 1 saturated heterocycles. The zero-order chi connectivity index (χ0) is 31.4. The molecule has 1 fully saturated rings. The van der Waals surface area contributed by atoms with Crippen molar-refractivity contribution in [2.75, 3.05) is 18.4 Å². The van der Waals surface area contributed by atoms with Crippen LogP contribution in [0.1, 0.15) is 35.1 Å². The zero-order valence-corrected chi connectivity index (χ0v) is 25.4. The Labute approximate surface area is 261 Å². The molecule has 9 nitrogen and oxygen atoms in total. The minimum atomic E-state index is -3.84. The minimum Gasteiger partial charge on any atom is -0.437 e. The maximum Gasteiger partial charge on any atom is 0.228 e. The molecule has 0 bridgehead atoms. The first-order chi connectivity index (χ1) is 21.8. The molecule has 1 aliphatic rings. The summed E-state index contributed by atoms with van der Waals surface area (Å²) in [5.41, 5.74) is 2.71. The summed E-state index contributed by atoms with van der Waals surface area (Å²) in [6.45, 7) is 3.71. The summed E-state index contributed by atoms with van der Waals surface area (Å²) in [6, 6.07) is 20.5. The minimum absolute atomic E-state index is 0.0387. The molecular formula is C34H31FN6O3S. The van der Waals surface area contributed by atoms with Crippen LogP contribution in [-0.2, 0) is 21.3 Å². The highest BCUT2D eigenvalue weighted by atomic mass is 32.2. The molecule has 0 unspecified atom stereocenters. The average Bonchev–Trinajstić information content (AvgIpc) is 3.04. The summed E-state index contributed by atoms with van der Waals surface area (Å²) < 4.78 is 48.3. The third-order valence-electron chi connectivity index (χ3n) is 7.81. The standard InChI is InChI=1S/C34H31FN6O3S/c1-22-10-11-26-27(12-13-30(35)29(26)21-45(42,43)20-24-7-3-2-6-23(24)18-36)32(22)44-33-28(9-5-16-38-33)31-14-17-39-34(41-31)40-25-8-4-15-37-19-25/h2-3,5-7,9-14,16-17,25,37H,4,8,15,19-21H2,1H3,(H,39,40,41)/t25-/m0/s1. The van der Waals surface area contributed by atoms with Gasteiger partial charge in [0.1, 0.15) is 11.6 Å². The number of hydrogen-bond donors (Lipinski definition) is 2. The lowest BCUT2D eigenvalue weighted by Gasteiger charge is -2.23. The third-order valence-corrected chi connectivity index (χ3v) is 9.29. The molecule has 1 aliphatic heterocycles. The number of piperidine rings is 1. The van der Waals surface area contributed by atoms with Crippen molar-refractivity contribution in [2.45, 2.75) is 37.3 Å². The van der Waals surface area contributed by atoms with E-state index in [9.17, 15) is 13.7 Å². The molecule has 3 aromatic carbocycles. The summed E-state index contributed by atoms with van der Waals surface area (Å²) in [6.07, 6.45) is 5.41. The first kappa shape index (κ1) is 30.1. The number of aromatic nitrogens is 3. The fraction of sp³-hybridized carbons (Fsp3) is 0.235. The highest BCUT2D eigenvalue weighted by Crippen LogP contribution is 2.38. The van der Waals surface area contributed by atoms with E-state index in [1.54, 1.807) is 67.0 Å². The summed E-state index contributed by atoms with van der Waals surface area (Å²) >= 11 is 0. The van der Waals surface area contributed by atoms with E-state index in [-0.39, 0.29) is 22.9 Å². The van der Waals surface area contributed by atoms with E-state index in [0.717, 1.165) is 31.5 Å². The molecular weight excluding hydrogens is 591 g/mol. The van der Waals surface area contributed by atoms with Gasteiger partial charge in [0.05, 0.1) is 34.4 Å². The molecule has 5 aromatic rings. The van der Waals surface area contributed by atoms with E-state index < -0.39 is 21.4 Å². The molecule has 2 aromatic heterocycles. The van der Waals surface area contributed by atoms with Crippen LogP contribution in [0.5, 0.6) is 11.6 Å². The van der Waals surface area contributed by atoms with Crippen LogP contribution >= 0.6 is 0 Å². The van der Waals surface area contributed by atoms with Crippen molar-refractivity contribution in [3.63, 3.8) is 0 Å². The van der Waals surface area contributed by atoms with Crippen LogP contribution in [0, 0.1) is 24.1 Å². The lowest BCUT2D eigenvalue weighted by atomic mass is 10.0. The van der Waals surface area contributed by atoms with Crippen molar-refractivity contribution >= 4 is 26.6 Å². The molecule has 0 aliphatic carbocycles. The molecule has 0 saturated carbocycles. The van der Waals surface area contributed by atoms with Crippen LogP contribution in [0.25, 0.3) is 22.0 Å². The zero-order valence-electron chi connectivity index (χ0n) is 24.6. The molecule has 11 heteroatoms. The predicted molar refractivity (Wildman–Crippen MR) is 171 cm³/mol. The summed E-state index contributed by atoms with van der Waals surface area (Å²) in [7, 11) is -3.84. The first-order valence-corrected chi connectivity index (χ1v) is 16.5. The van der Waals surface area contributed by atoms with Gasteiger partial charge in [-0.3, -0.25) is 0 Å². The van der Waals surface area contributed by atoms with Crippen LogP contribution in [0.2, 0.25) is 0 Å². The normalized spacial score (nSPS) is 15.0. The number of benzene rings is 3. The lowest BCUT2D eigenvalue weighted by Crippen LogP contribution is -2.38. The van der Waals surface area contributed by atoms with Crippen molar-refractivity contribution in [3.8, 4) is 29.0 Å². The van der Waals surface area contributed by atoms with Gasteiger partial charge in [-0.1, -0.05) is 30.3 Å². The van der Waals surface area contributed by atoms with Gasteiger partial charge in [-0.25, -0.2) is 27.8 Å². The quantitative estimate of drug-likeness (QED) is 0.201. The number of nitriles is 1. The van der Waals surface area contributed by atoms with Gasteiger partial charge in [-0.05, 0) is 79.2 Å². The summed E-state index contributed by atoms with van der Waals surface area (Å²) in [4.78, 5) is 13.6. The van der Waals surface area contributed by atoms with Gasteiger partial charge in [0.2, 0.25) is 11.8 Å². The Morgan fingerprint density at radius 3 is 2.69 bits per heavy atom. The molecule has 45 heavy (non-hydrogen) atoms. The summed E-state index contributed by atoms with van der Waals surface area (Å²) in [5, 5.41) is 17.1. The van der Waals surface area contributed by atoms with E-state index >= 15 is 4.39 Å². The van der Waals surface area contributed by atoms with Crippen LogP contribution in [0.3, 0.4) is 0 Å². The van der Waals surface area contributed by atoms with Crippen molar-refractivity contribution < 1.29 is 17.5 Å². The number of anilines is 1. The average molecular weight is 623 g/mol. The number of aryl methyl sites for hydroxylation is 1. The van der Waals surface area contributed by atoms with Crippen LogP contribution < -0.4 is 15.4 Å². The number of nitrogens with one attached hydrogen (secondary N) is 2. The van der Waals surface area contributed by atoms with E-state index in [0.29, 0.717) is 45.2 Å². The van der Waals surface area contributed by atoms with Crippen molar-refractivity contribution in [1.29, 1.82) is 5.26 Å². The number of nitrogens with zero attached hydrogens (tertiary/aromatic N) is 4. The Bertz CT molecular complexity index is 2020. The lowest BCUT2D eigenvalue weighted by molar-refractivity contribution is 0.466. The van der Waals surface area contributed by atoms with Crippen molar-refractivity contribution in [3.05, 3.63) is 107 Å². The molecule has 6 rings (SSSR count). The van der Waals surface area contributed by atoms with Gasteiger partial charge < -0.3 is 15.4 Å². The number of hydrogen-bond acceptors (Lipinski definition) is 9. The predicted octanol–water partition coefficient (Wildman–Crippen LogP) is 6.08. The van der Waals surface area contributed by atoms with E-state index in [1.807, 2.05) is 19.1 Å². The van der Waals surface area contributed by atoms with Crippen molar-refractivity contribution in [1.82, 2.24) is 20.3 Å². The van der Waals surface area contributed by atoms with Crippen LogP contribution in [-0.4, -0.2) is 42.5 Å². The van der Waals surface area contributed by atoms with Crippen LogP contribution in [0.4, 0.5) is 10.3 Å². The second-order valence-corrected chi connectivity index (χ2v) is 13.1. The highest BCUT2D eigenvalue weighted by molar-refractivity contribution is 7.89. The second-order valence-electron chi connectivity index (χ2n) is 11.0. The first-order valence-electron chi connectivity index (χ1n) is 14.6. The maximum atomic E-state index is 15.3. The van der Waals surface area contributed by atoms with E-state index in [2.05, 4.69) is 20.6 Å². The number of fused-ring (bicyclic) bond motifs is 1. The Kier molecular flexibility index (Phi) is 8.69. The van der Waals surface area contributed by atoms with Gasteiger partial charge in [0.15, 0.2) is 9.84 Å². The van der Waals surface area contributed by atoms with E-state index in [4.69, 9.17) is 9.72 Å². The number of rotatable bonds is 9. The number of sulfone groups is 1. The van der Waals surface area contributed by atoms with Crippen LogP contribution in [0.15, 0.2) is 79.1 Å². The Balaban J connectivity index is 1.33. The Hall–Kier alpha value is -4.92. The third kappa shape index (κ3) is 6.77. The second kappa shape index (κ2) is 13.0. The molecule has 0 radical (unpaired) electrons. The number of ether oxygens (including phenoxy) is 1. The fourth-order valence-electron chi connectivity index (χ4n) is 5.57. The smallest absolute Gasteiger partial charge is 0.228 e.